The Kier molecular flexibility index (Phi) is 4.41. The minimum Gasteiger partial charge on any atom is -0.378 e. The maximum absolute atomic E-state index is 13.7. The maximum Gasteiger partial charge on any atom is 0.129 e. The molecule has 0 saturated carbocycles. The number of nitrogens with one attached hydrogen (secondary N) is 1. The molecule has 0 aliphatic carbocycles. The lowest BCUT2D eigenvalue weighted by Gasteiger charge is -2.09. The Balaban J connectivity index is 1.59. The molecule has 21 heavy (non-hydrogen) atoms. The van der Waals surface area contributed by atoms with Crippen LogP contribution in [0.1, 0.15) is 18.4 Å². The van der Waals surface area contributed by atoms with Gasteiger partial charge in [-0.25, -0.2) is 4.39 Å². The summed E-state index contributed by atoms with van der Waals surface area (Å²) in [7, 11) is 0. The van der Waals surface area contributed by atoms with Crippen LogP contribution in [0.15, 0.2) is 30.6 Å². The fourth-order valence-electron chi connectivity index (χ4n) is 2.44. The third kappa shape index (κ3) is 3.54. The third-order valence-electron chi connectivity index (χ3n) is 3.58. The largest absolute Gasteiger partial charge is 0.378 e. The Morgan fingerprint density at radius 2 is 2.38 bits per heavy atom. The van der Waals surface area contributed by atoms with E-state index in [1.807, 2.05) is 10.9 Å². The van der Waals surface area contributed by atoms with Crippen LogP contribution in [0.4, 0.5) is 10.1 Å². The summed E-state index contributed by atoms with van der Waals surface area (Å²) in [6.07, 6.45) is 6.06. The van der Waals surface area contributed by atoms with E-state index in [1.165, 1.54) is 6.07 Å². The second kappa shape index (κ2) is 6.45. The van der Waals surface area contributed by atoms with Crippen LogP contribution < -0.4 is 5.32 Å². The molecule has 1 atom stereocenters. The first-order valence-electron chi connectivity index (χ1n) is 7.03. The summed E-state index contributed by atoms with van der Waals surface area (Å²) < 4.78 is 21.1. The van der Waals surface area contributed by atoms with E-state index in [4.69, 9.17) is 16.3 Å². The molecular weight excluding hydrogens is 293 g/mol. The van der Waals surface area contributed by atoms with Crippen molar-refractivity contribution >= 4 is 17.3 Å². The van der Waals surface area contributed by atoms with Gasteiger partial charge in [0.2, 0.25) is 0 Å². The van der Waals surface area contributed by atoms with E-state index >= 15 is 0 Å². The maximum atomic E-state index is 13.7. The molecule has 2 aromatic rings. The van der Waals surface area contributed by atoms with Gasteiger partial charge in [0.15, 0.2) is 0 Å². The lowest BCUT2D eigenvalue weighted by Crippen LogP contribution is -2.15. The molecule has 0 amide bonds. The van der Waals surface area contributed by atoms with E-state index < -0.39 is 0 Å². The topological polar surface area (TPSA) is 39.1 Å². The molecular formula is C15H17ClFN3O. The smallest absolute Gasteiger partial charge is 0.129 e. The van der Waals surface area contributed by atoms with Crippen LogP contribution in [0.5, 0.6) is 0 Å². The number of hydrogen-bond acceptors (Lipinski definition) is 3. The van der Waals surface area contributed by atoms with Crippen molar-refractivity contribution in [3.05, 3.63) is 47.0 Å². The number of halogens is 2. The van der Waals surface area contributed by atoms with Gasteiger partial charge in [0.05, 0.1) is 24.5 Å². The predicted molar refractivity (Wildman–Crippen MR) is 79.9 cm³/mol. The molecule has 0 spiro atoms. The highest BCUT2D eigenvalue weighted by atomic mass is 35.5. The Bertz CT molecular complexity index is 590. The van der Waals surface area contributed by atoms with E-state index in [0.29, 0.717) is 17.1 Å². The van der Waals surface area contributed by atoms with Crippen molar-refractivity contribution in [1.82, 2.24) is 9.78 Å². The highest BCUT2D eigenvalue weighted by Gasteiger charge is 2.16. The fourth-order valence-corrected chi connectivity index (χ4v) is 2.67. The molecule has 1 aliphatic rings. The molecule has 2 heterocycles. The van der Waals surface area contributed by atoms with Crippen LogP contribution in [0.2, 0.25) is 5.02 Å². The molecule has 1 saturated heterocycles. The molecule has 1 unspecified atom stereocenters. The highest BCUT2D eigenvalue weighted by Crippen LogP contribution is 2.20. The zero-order chi connectivity index (χ0) is 14.7. The number of hydrogen-bond donors (Lipinski definition) is 1. The van der Waals surface area contributed by atoms with Gasteiger partial charge in [-0.2, -0.15) is 5.10 Å². The Morgan fingerprint density at radius 1 is 1.48 bits per heavy atom. The van der Waals surface area contributed by atoms with Crippen molar-refractivity contribution in [2.75, 3.05) is 11.9 Å². The van der Waals surface area contributed by atoms with Gasteiger partial charge in [-0.1, -0.05) is 17.7 Å². The van der Waals surface area contributed by atoms with Crippen molar-refractivity contribution in [3.8, 4) is 0 Å². The summed E-state index contributed by atoms with van der Waals surface area (Å²) in [4.78, 5) is 0. The lowest BCUT2D eigenvalue weighted by atomic mass is 10.2. The molecule has 4 nitrogen and oxygen atoms in total. The van der Waals surface area contributed by atoms with Gasteiger partial charge in [-0.3, -0.25) is 4.68 Å². The fraction of sp³-hybridized carbons (Fsp3) is 0.400. The van der Waals surface area contributed by atoms with Crippen molar-refractivity contribution in [3.63, 3.8) is 0 Å². The Hall–Kier alpha value is -1.59. The molecule has 3 rings (SSSR count). The summed E-state index contributed by atoms with van der Waals surface area (Å²) in [5, 5.41) is 7.85. The summed E-state index contributed by atoms with van der Waals surface area (Å²) in [6.45, 7) is 1.92. The first-order chi connectivity index (χ1) is 10.2. The lowest BCUT2D eigenvalue weighted by molar-refractivity contribution is 0.0940. The minimum atomic E-state index is -0.304. The number of benzene rings is 1. The zero-order valence-electron chi connectivity index (χ0n) is 11.6. The minimum absolute atomic E-state index is 0.249. The highest BCUT2D eigenvalue weighted by molar-refractivity contribution is 6.31. The summed E-state index contributed by atoms with van der Waals surface area (Å²) in [5.74, 6) is -0.304. The van der Waals surface area contributed by atoms with E-state index in [1.54, 1.807) is 18.3 Å². The monoisotopic (exact) mass is 309 g/mol. The SMILES string of the molecule is Fc1cccc(Cl)c1CNc1cnn(CC2CCCO2)c1. The quantitative estimate of drug-likeness (QED) is 0.919. The van der Waals surface area contributed by atoms with Crippen molar-refractivity contribution in [2.24, 2.45) is 0 Å². The molecule has 1 aromatic heterocycles. The van der Waals surface area contributed by atoms with Crippen LogP contribution in [0.3, 0.4) is 0 Å². The van der Waals surface area contributed by atoms with E-state index in [-0.39, 0.29) is 11.9 Å². The van der Waals surface area contributed by atoms with Crippen LogP contribution in [0.25, 0.3) is 0 Å². The molecule has 0 bridgehead atoms. The standard InChI is InChI=1S/C15H17ClFN3O/c16-14-4-1-5-15(17)13(14)8-18-11-7-19-20(9-11)10-12-3-2-6-21-12/h1,4-5,7,9,12,18H,2-3,6,8,10H2. The number of ether oxygens (including phenoxy) is 1. The molecule has 112 valence electrons. The van der Waals surface area contributed by atoms with Gasteiger partial charge in [0.1, 0.15) is 5.82 Å². The van der Waals surface area contributed by atoms with Crippen molar-refractivity contribution in [1.29, 1.82) is 0 Å². The first kappa shape index (κ1) is 14.4. The van der Waals surface area contributed by atoms with E-state index in [9.17, 15) is 4.39 Å². The molecule has 0 radical (unpaired) electrons. The molecule has 1 aromatic carbocycles. The van der Waals surface area contributed by atoms with Gasteiger partial charge in [-0.05, 0) is 25.0 Å². The van der Waals surface area contributed by atoms with Gasteiger partial charge in [-0.15, -0.1) is 0 Å². The zero-order valence-corrected chi connectivity index (χ0v) is 12.3. The number of aromatic nitrogens is 2. The average molecular weight is 310 g/mol. The second-order valence-electron chi connectivity index (χ2n) is 5.14. The van der Waals surface area contributed by atoms with E-state index in [0.717, 1.165) is 31.7 Å². The van der Waals surface area contributed by atoms with Crippen LogP contribution in [-0.4, -0.2) is 22.5 Å². The van der Waals surface area contributed by atoms with E-state index in [2.05, 4.69) is 10.4 Å². The van der Waals surface area contributed by atoms with Gasteiger partial charge >= 0.3 is 0 Å². The van der Waals surface area contributed by atoms with Gasteiger partial charge in [0, 0.05) is 29.9 Å². The molecule has 1 aliphatic heterocycles. The first-order valence-corrected chi connectivity index (χ1v) is 7.41. The average Bonchev–Trinajstić information content (AvgIpc) is 3.11. The van der Waals surface area contributed by atoms with Crippen molar-refractivity contribution < 1.29 is 9.13 Å². The molecule has 1 fully saturated rings. The van der Waals surface area contributed by atoms with Crippen LogP contribution in [0, 0.1) is 5.82 Å². The Labute approximate surface area is 127 Å². The summed E-state index contributed by atoms with van der Waals surface area (Å²) >= 11 is 6.00. The van der Waals surface area contributed by atoms with Crippen LogP contribution >= 0.6 is 11.6 Å². The summed E-state index contributed by atoms with van der Waals surface area (Å²) in [6, 6.07) is 4.69. The number of nitrogens with zero attached hydrogens (tertiary/aromatic N) is 2. The second-order valence-corrected chi connectivity index (χ2v) is 5.55. The van der Waals surface area contributed by atoms with Crippen molar-refractivity contribution in [2.45, 2.75) is 32.0 Å². The third-order valence-corrected chi connectivity index (χ3v) is 3.93. The van der Waals surface area contributed by atoms with Gasteiger partial charge < -0.3 is 10.1 Å². The normalized spacial score (nSPS) is 18.1. The molecule has 6 heteroatoms. The predicted octanol–water partition coefficient (Wildman–Crippen LogP) is 3.47. The Morgan fingerprint density at radius 3 is 3.14 bits per heavy atom. The van der Waals surface area contributed by atoms with Gasteiger partial charge in [0.25, 0.3) is 0 Å². The number of anilines is 1. The summed E-state index contributed by atoms with van der Waals surface area (Å²) in [5.41, 5.74) is 1.30. The molecule has 1 N–H and O–H groups in total. The number of rotatable bonds is 5. The van der Waals surface area contributed by atoms with Crippen LogP contribution in [-0.2, 0) is 17.8 Å².